The zero-order valence-electron chi connectivity index (χ0n) is 7.07. The molecule has 1 fully saturated rings. The van der Waals surface area contributed by atoms with Gasteiger partial charge in [0, 0.05) is 0 Å². The molecule has 1 aliphatic carbocycles. The van der Waals surface area contributed by atoms with E-state index in [-0.39, 0.29) is 11.5 Å². The van der Waals surface area contributed by atoms with Gasteiger partial charge in [0.05, 0.1) is 0 Å². The van der Waals surface area contributed by atoms with Crippen molar-refractivity contribution in [2.45, 2.75) is 25.0 Å². The van der Waals surface area contributed by atoms with Crippen molar-refractivity contribution in [2.24, 2.45) is 5.92 Å². The lowest BCUT2D eigenvalue weighted by Crippen LogP contribution is -2.40. The van der Waals surface area contributed by atoms with Crippen molar-refractivity contribution in [1.29, 1.82) is 0 Å². The predicted molar refractivity (Wildman–Crippen MR) is 44.5 cm³/mol. The van der Waals surface area contributed by atoms with E-state index >= 15 is 0 Å². The second kappa shape index (κ2) is 2.04. The molecule has 0 saturated heterocycles. The Labute approximate surface area is 73.5 Å². The summed E-state index contributed by atoms with van der Waals surface area (Å²) in [5, 5.41) is -2.54. The quantitative estimate of drug-likeness (QED) is 0.471. The minimum atomic E-state index is -9.29. The largest absolute Gasteiger partial charge is 0.291 e. The van der Waals surface area contributed by atoms with E-state index in [1.165, 1.54) is 0 Å². The summed E-state index contributed by atoms with van der Waals surface area (Å²) in [6, 6.07) is 0. The zero-order valence-corrected chi connectivity index (χ0v) is 7.89. The Bertz CT molecular complexity index is 250. The van der Waals surface area contributed by atoms with Crippen molar-refractivity contribution < 1.29 is 19.4 Å². The summed E-state index contributed by atoms with van der Waals surface area (Å²) < 4.78 is 60.8. The van der Waals surface area contributed by atoms with Crippen LogP contribution in [0.1, 0.15) is 19.8 Å². The van der Waals surface area contributed by atoms with Crippen LogP contribution < -0.4 is 0 Å². The molecule has 0 N–H and O–H groups in total. The lowest BCUT2D eigenvalue weighted by atomic mass is 9.78. The van der Waals surface area contributed by atoms with Gasteiger partial charge >= 0.3 is 0 Å². The van der Waals surface area contributed by atoms with E-state index in [0.717, 1.165) is 0 Å². The summed E-state index contributed by atoms with van der Waals surface area (Å²) in [4.78, 5) is 0. The lowest BCUT2D eigenvalue weighted by molar-refractivity contribution is 0.299. The summed E-state index contributed by atoms with van der Waals surface area (Å²) in [5.41, 5.74) is -0.346. The molecule has 0 aromatic rings. The van der Waals surface area contributed by atoms with Crippen molar-refractivity contribution in [1.82, 2.24) is 0 Å². The van der Waals surface area contributed by atoms with Crippen LogP contribution in [0.25, 0.3) is 0 Å². The minimum absolute atomic E-state index is 0.346. The van der Waals surface area contributed by atoms with Gasteiger partial charge in [0.2, 0.25) is 0 Å². The fourth-order valence-electron chi connectivity index (χ4n) is 1.56. The molecule has 13 heavy (non-hydrogen) atoms. The fourth-order valence-corrected chi connectivity index (χ4v) is 2.92. The smallest absolute Gasteiger partial charge is 0.0981 e. The van der Waals surface area contributed by atoms with Crippen molar-refractivity contribution in [3.63, 3.8) is 0 Å². The van der Waals surface area contributed by atoms with Gasteiger partial charge in [-0.2, -0.15) is 0 Å². The molecule has 0 aromatic heterocycles. The Hall–Kier alpha value is -0.260. The summed E-state index contributed by atoms with van der Waals surface area (Å²) in [5.74, 6) is -0.381. The van der Waals surface area contributed by atoms with Gasteiger partial charge in [-0.05, 0) is 18.8 Å². The first-order valence-electron chi connectivity index (χ1n) is 3.87. The number of rotatable bonds is 2. The third kappa shape index (κ3) is 1.98. The lowest BCUT2D eigenvalue weighted by Gasteiger charge is -2.54. The molecule has 80 valence electrons. The highest BCUT2D eigenvalue weighted by atomic mass is 32.5. The van der Waals surface area contributed by atoms with E-state index in [2.05, 4.69) is 6.58 Å². The van der Waals surface area contributed by atoms with Crippen LogP contribution in [0.15, 0.2) is 12.2 Å². The second-order valence-electron chi connectivity index (χ2n) is 3.43. The molecular formula is C7H11F5S. The van der Waals surface area contributed by atoms with E-state index < -0.39 is 21.9 Å². The Kier molecular flexibility index (Phi) is 1.70. The first kappa shape index (κ1) is 10.8. The van der Waals surface area contributed by atoms with Gasteiger partial charge in [0.15, 0.2) is 0 Å². The van der Waals surface area contributed by atoms with Gasteiger partial charge in [-0.25, -0.2) is 0 Å². The summed E-state index contributed by atoms with van der Waals surface area (Å²) in [6.45, 7) is 4.74. The molecule has 0 nitrogen and oxygen atoms in total. The standard InChI is InChI=1S/C7H11F5S/c1-3-6-4-7(5(6)2)13(8,9,10,11)12/h6-7H,2-4H2,1H3/t6?,7-/m1/s1. The Morgan fingerprint density at radius 2 is 1.77 bits per heavy atom. The highest BCUT2D eigenvalue weighted by Gasteiger charge is 2.73. The fraction of sp³-hybridized carbons (Fsp3) is 0.714. The minimum Gasteiger partial charge on any atom is -0.0981 e. The second-order valence-corrected chi connectivity index (χ2v) is 6.06. The van der Waals surface area contributed by atoms with E-state index in [1.54, 1.807) is 6.92 Å². The monoisotopic (exact) mass is 222 g/mol. The maximum absolute atomic E-state index is 12.2. The Morgan fingerprint density at radius 1 is 1.31 bits per heavy atom. The van der Waals surface area contributed by atoms with E-state index in [4.69, 9.17) is 0 Å². The van der Waals surface area contributed by atoms with Gasteiger partial charge in [0.25, 0.3) is 10.2 Å². The number of halogens is 5. The van der Waals surface area contributed by atoms with Crippen LogP contribution in [0, 0.1) is 5.92 Å². The highest BCUT2D eigenvalue weighted by Crippen LogP contribution is 3.02. The molecule has 0 bridgehead atoms. The van der Waals surface area contributed by atoms with Crippen LogP contribution in [0.3, 0.4) is 0 Å². The SMILES string of the molecule is C=C1C(CC)C[C@H]1S(F)(F)(F)(F)F. The molecule has 0 amide bonds. The van der Waals surface area contributed by atoms with Gasteiger partial charge in [-0.15, -0.1) is 0 Å². The number of hydrogen-bond donors (Lipinski definition) is 0. The number of hydrogen-bond acceptors (Lipinski definition) is 0. The molecule has 0 aliphatic heterocycles. The van der Waals surface area contributed by atoms with Crippen molar-refractivity contribution in [3.05, 3.63) is 12.2 Å². The summed E-state index contributed by atoms with van der Waals surface area (Å²) >= 11 is 0. The third-order valence-corrected chi connectivity index (χ3v) is 4.04. The molecule has 1 aliphatic rings. The molecule has 2 atom stereocenters. The maximum atomic E-state index is 12.2. The van der Waals surface area contributed by atoms with Crippen LogP contribution >= 0.6 is 10.2 Å². The molecule has 6 heteroatoms. The molecule has 0 spiro atoms. The highest BCUT2D eigenvalue weighted by molar-refractivity contribution is 8.46. The molecule has 0 heterocycles. The summed E-state index contributed by atoms with van der Waals surface area (Å²) in [7, 11) is -9.29. The average Bonchev–Trinajstić information content (AvgIpc) is 1.79. The van der Waals surface area contributed by atoms with Crippen LogP contribution in [0.4, 0.5) is 19.4 Å². The van der Waals surface area contributed by atoms with E-state index in [0.29, 0.717) is 6.42 Å². The molecule has 1 rings (SSSR count). The van der Waals surface area contributed by atoms with Crippen molar-refractivity contribution >= 4 is 10.2 Å². The van der Waals surface area contributed by atoms with Gasteiger partial charge in [-0.3, -0.25) is 0 Å². The topological polar surface area (TPSA) is 0 Å². The van der Waals surface area contributed by atoms with Crippen LogP contribution in [0.2, 0.25) is 0 Å². The van der Waals surface area contributed by atoms with E-state index in [1.807, 2.05) is 0 Å². The first-order valence-corrected chi connectivity index (χ1v) is 5.88. The molecule has 0 aromatic carbocycles. The van der Waals surface area contributed by atoms with Crippen LogP contribution in [-0.2, 0) is 0 Å². The Morgan fingerprint density at radius 3 is 2.00 bits per heavy atom. The van der Waals surface area contributed by atoms with Gasteiger partial charge in [-0.1, -0.05) is 38.5 Å². The van der Waals surface area contributed by atoms with Crippen LogP contribution in [-0.4, -0.2) is 5.25 Å². The Balaban J connectivity index is 2.87. The normalized spacial score (nSPS) is 34.8. The van der Waals surface area contributed by atoms with E-state index in [9.17, 15) is 19.4 Å². The maximum Gasteiger partial charge on any atom is 0.291 e. The average molecular weight is 222 g/mol. The van der Waals surface area contributed by atoms with Gasteiger partial charge < -0.3 is 0 Å². The summed E-state index contributed by atoms with van der Waals surface area (Å²) in [6.07, 6.45) is -0.0451. The molecule has 0 radical (unpaired) electrons. The molecule has 1 saturated carbocycles. The third-order valence-electron chi connectivity index (χ3n) is 2.47. The van der Waals surface area contributed by atoms with Gasteiger partial charge in [0.1, 0.15) is 5.25 Å². The molecule has 1 unspecified atom stereocenters. The van der Waals surface area contributed by atoms with Crippen molar-refractivity contribution in [3.8, 4) is 0 Å². The van der Waals surface area contributed by atoms with Crippen molar-refractivity contribution in [2.75, 3.05) is 0 Å². The first-order chi connectivity index (χ1) is 5.45. The molecular weight excluding hydrogens is 211 g/mol. The predicted octanol–water partition coefficient (Wildman–Crippen LogP) is 4.64. The zero-order chi connectivity index (χ0) is 10.6. The van der Waals surface area contributed by atoms with Crippen LogP contribution in [0.5, 0.6) is 0 Å².